The van der Waals surface area contributed by atoms with Crippen LogP contribution in [0.5, 0.6) is 0 Å². The van der Waals surface area contributed by atoms with Crippen LogP contribution in [0.2, 0.25) is 5.02 Å². The number of halogens is 1. The number of piperidine rings is 1. The van der Waals surface area contributed by atoms with Crippen molar-refractivity contribution in [1.82, 2.24) is 10.2 Å². The summed E-state index contributed by atoms with van der Waals surface area (Å²) in [7, 11) is 0. The molecule has 1 aromatic carbocycles. The summed E-state index contributed by atoms with van der Waals surface area (Å²) < 4.78 is 0. The van der Waals surface area contributed by atoms with E-state index < -0.39 is 0 Å². The van der Waals surface area contributed by atoms with Gasteiger partial charge in [0.2, 0.25) is 0 Å². The summed E-state index contributed by atoms with van der Waals surface area (Å²) in [4.78, 5) is 14.7. The van der Waals surface area contributed by atoms with Gasteiger partial charge >= 0.3 is 0 Å². The van der Waals surface area contributed by atoms with E-state index >= 15 is 0 Å². The van der Waals surface area contributed by atoms with Crippen molar-refractivity contribution in [2.75, 3.05) is 25.4 Å². The van der Waals surface area contributed by atoms with Crippen LogP contribution in [0.3, 0.4) is 0 Å². The number of nitrogens with two attached hydrogens (primary N) is 1. The Morgan fingerprint density at radius 3 is 2.76 bits per heavy atom. The van der Waals surface area contributed by atoms with Gasteiger partial charge in [-0.25, -0.2) is 0 Å². The van der Waals surface area contributed by atoms with Gasteiger partial charge in [0.15, 0.2) is 0 Å². The van der Waals surface area contributed by atoms with Crippen LogP contribution in [0, 0.1) is 0 Å². The molecule has 1 aliphatic rings. The Morgan fingerprint density at radius 1 is 1.43 bits per heavy atom. The summed E-state index contributed by atoms with van der Waals surface area (Å²) in [5.74, 6) is -0.0645. The molecule has 0 aromatic heterocycles. The quantitative estimate of drug-likeness (QED) is 0.822. The van der Waals surface area contributed by atoms with Gasteiger partial charge in [-0.15, -0.1) is 0 Å². The van der Waals surface area contributed by atoms with Crippen LogP contribution in [0.4, 0.5) is 5.69 Å². The van der Waals surface area contributed by atoms with Crippen LogP contribution in [0.1, 0.15) is 43.0 Å². The third-order valence-electron chi connectivity index (χ3n) is 4.01. The molecule has 1 aromatic rings. The van der Waals surface area contributed by atoms with Crippen molar-refractivity contribution >= 4 is 23.2 Å². The molecule has 1 aliphatic heterocycles. The molecule has 4 nitrogen and oxygen atoms in total. The van der Waals surface area contributed by atoms with Crippen molar-refractivity contribution in [3.63, 3.8) is 0 Å². The van der Waals surface area contributed by atoms with E-state index in [1.807, 2.05) is 0 Å². The Bertz CT molecular complexity index is 484. The minimum Gasteiger partial charge on any atom is -0.398 e. The number of rotatable bonds is 5. The highest BCUT2D eigenvalue weighted by Gasteiger charge is 2.20. The fraction of sp³-hybridized carbons (Fsp3) is 0.562. The van der Waals surface area contributed by atoms with Crippen LogP contribution in [0.15, 0.2) is 18.2 Å². The van der Waals surface area contributed by atoms with E-state index in [2.05, 4.69) is 17.1 Å². The van der Waals surface area contributed by atoms with E-state index in [1.54, 1.807) is 18.2 Å². The maximum Gasteiger partial charge on any atom is 0.251 e. The molecule has 0 bridgehead atoms. The van der Waals surface area contributed by atoms with Crippen molar-refractivity contribution < 1.29 is 4.79 Å². The predicted octanol–water partition coefficient (Wildman–Crippen LogP) is 2.92. The van der Waals surface area contributed by atoms with Crippen LogP contribution in [-0.2, 0) is 0 Å². The van der Waals surface area contributed by atoms with E-state index in [0.29, 0.717) is 16.3 Å². The lowest BCUT2D eigenvalue weighted by Gasteiger charge is -2.32. The number of hydrogen-bond acceptors (Lipinski definition) is 3. The molecule has 2 rings (SSSR count). The summed E-state index contributed by atoms with van der Waals surface area (Å²) in [5.41, 5.74) is 6.76. The van der Waals surface area contributed by atoms with Gasteiger partial charge in [0.1, 0.15) is 0 Å². The Kier molecular flexibility index (Phi) is 5.88. The fourth-order valence-electron chi connectivity index (χ4n) is 2.64. The zero-order chi connectivity index (χ0) is 15.2. The van der Waals surface area contributed by atoms with Gasteiger partial charge in [0.05, 0.1) is 10.7 Å². The molecule has 1 amide bonds. The Morgan fingerprint density at radius 2 is 2.14 bits per heavy atom. The van der Waals surface area contributed by atoms with E-state index in [9.17, 15) is 4.79 Å². The average molecular weight is 310 g/mol. The van der Waals surface area contributed by atoms with Crippen molar-refractivity contribution in [3.8, 4) is 0 Å². The number of carbonyl (C=O) groups excluding carboxylic acids is 1. The number of likely N-dealkylation sites (tertiary alicyclic amines) is 1. The first-order valence-corrected chi connectivity index (χ1v) is 8.06. The zero-order valence-corrected chi connectivity index (χ0v) is 13.3. The predicted molar refractivity (Wildman–Crippen MR) is 87.7 cm³/mol. The summed E-state index contributed by atoms with van der Waals surface area (Å²) >= 11 is 5.87. The molecule has 0 spiro atoms. The molecule has 0 unspecified atom stereocenters. The third-order valence-corrected chi connectivity index (χ3v) is 4.35. The molecule has 1 heterocycles. The number of amides is 1. The highest BCUT2D eigenvalue weighted by molar-refractivity contribution is 6.33. The van der Waals surface area contributed by atoms with Gasteiger partial charge in [0, 0.05) is 24.7 Å². The topological polar surface area (TPSA) is 58.4 Å². The molecule has 0 radical (unpaired) electrons. The number of benzene rings is 1. The molecule has 21 heavy (non-hydrogen) atoms. The molecule has 0 atom stereocenters. The maximum atomic E-state index is 12.2. The van der Waals surface area contributed by atoms with Gasteiger partial charge in [-0.1, -0.05) is 24.9 Å². The monoisotopic (exact) mass is 309 g/mol. The number of nitrogens with one attached hydrogen (secondary N) is 1. The maximum absolute atomic E-state index is 12.2. The standard InChI is InChI=1S/C16H24ClN3O/c1-2-3-8-20-9-6-13(7-10-20)19-16(21)12-4-5-14(17)15(18)11-12/h4-5,11,13H,2-3,6-10,18H2,1H3,(H,19,21). The van der Waals surface area contributed by atoms with Crippen molar-refractivity contribution in [2.24, 2.45) is 0 Å². The second kappa shape index (κ2) is 7.66. The van der Waals surface area contributed by atoms with E-state index in [4.69, 9.17) is 17.3 Å². The van der Waals surface area contributed by atoms with Crippen LogP contribution >= 0.6 is 11.6 Å². The van der Waals surface area contributed by atoms with Crippen LogP contribution < -0.4 is 11.1 Å². The van der Waals surface area contributed by atoms with Crippen molar-refractivity contribution in [1.29, 1.82) is 0 Å². The molecule has 1 fully saturated rings. The Labute approximate surface area is 131 Å². The first-order valence-electron chi connectivity index (χ1n) is 7.68. The van der Waals surface area contributed by atoms with E-state index in [-0.39, 0.29) is 11.9 Å². The van der Waals surface area contributed by atoms with Gasteiger partial charge in [0.25, 0.3) is 5.91 Å². The summed E-state index contributed by atoms with van der Waals surface area (Å²) in [6.07, 6.45) is 4.51. The summed E-state index contributed by atoms with van der Waals surface area (Å²) in [5, 5.41) is 3.58. The second-order valence-corrected chi connectivity index (χ2v) is 6.09. The van der Waals surface area contributed by atoms with Crippen LogP contribution in [0.25, 0.3) is 0 Å². The van der Waals surface area contributed by atoms with Gasteiger partial charge < -0.3 is 16.0 Å². The second-order valence-electron chi connectivity index (χ2n) is 5.68. The summed E-state index contributed by atoms with van der Waals surface area (Å²) in [6, 6.07) is 5.27. The van der Waals surface area contributed by atoms with Crippen LogP contribution in [-0.4, -0.2) is 36.5 Å². The highest BCUT2D eigenvalue weighted by atomic mass is 35.5. The average Bonchev–Trinajstić information content (AvgIpc) is 2.49. The lowest BCUT2D eigenvalue weighted by atomic mass is 10.0. The first kappa shape index (κ1) is 16.1. The van der Waals surface area contributed by atoms with Gasteiger partial charge in [-0.05, 0) is 44.0 Å². The fourth-order valence-corrected chi connectivity index (χ4v) is 2.75. The molecule has 3 N–H and O–H groups in total. The summed E-state index contributed by atoms with van der Waals surface area (Å²) in [6.45, 7) is 5.51. The molecular weight excluding hydrogens is 286 g/mol. The number of anilines is 1. The largest absolute Gasteiger partial charge is 0.398 e. The zero-order valence-electron chi connectivity index (χ0n) is 12.6. The number of nitrogen functional groups attached to an aromatic ring is 1. The molecule has 116 valence electrons. The minimum atomic E-state index is -0.0645. The number of unbranched alkanes of at least 4 members (excludes halogenated alkanes) is 1. The first-order chi connectivity index (χ1) is 10.1. The SMILES string of the molecule is CCCCN1CCC(NC(=O)c2ccc(Cl)c(N)c2)CC1. The molecule has 0 saturated carbocycles. The number of carbonyl (C=O) groups is 1. The number of hydrogen-bond donors (Lipinski definition) is 2. The molecular formula is C16H24ClN3O. The third kappa shape index (κ3) is 4.61. The van der Waals surface area contributed by atoms with Gasteiger partial charge in [-0.3, -0.25) is 4.79 Å². The van der Waals surface area contributed by atoms with E-state index in [1.165, 1.54) is 19.4 Å². The highest BCUT2D eigenvalue weighted by Crippen LogP contribution is 2.20. The van der Waals surface area contributed by atoms with Gasteiger partial charge in [-0.2, -0.15) is 0 Å². The molecule has 5 heteroatoms. The van der Waals surface area contributed by atoms with Crippen molar-refractivity contribution in [3.05, 3.63) is 28.8 Å². The normalized spacial score (nSPS) is 16.9. The Balaban J connectivity index is 1.82. The van der Waals surface area contributed by atoms with E-state index in [0.717, 1.165) is 25.9 Å². The van der Waals surface area contributed by atoms with Crippen molar-refractivity contribution in [2.45, 2.75) is 38.6 Å². The Hall–Kier alpha value is -1.26. The lowest BCUT2D eigenvalue weighted by molar-refractivity contribution is 0.0911. The number of nitrogens with zero attached hydrogens (tertiary/aromatic N) is 1. The molecule has 0 aliphatic carbocycles. The molecule has 1 saturated heterocycles. The lowest BCUT2D eigenvalue weighted by Crippen LogP contribution is -2.44. The smallest absolute Gasteiger partial charge is 0.251 e. The minimum absolute atomic E-state index is 0.0645.